The molecular formula is C13H18N2O3. The van der Waals surface area contributed by atoms with Gasteiger partial charge in [-0.25, -0.2) is 0 Å². The number of nitrogens with zero attached hydrogens (tertiary/aromatic N) is 2. The minimum Gasteiger partial charge on any atom is -0.480 e. The van der Waals surface area contributed by atoms with Gasteiger partial charge in [-0.15, -0.1) is 0 Å². The molecule has 0 aliphatic rings. The van der Waals surface area contributed by atoms with Gasteiger partial charge in [-0.2, -0.15) is 0 Å². The Morgan fingerprint density at radius 3 is 2.67 bits per heavy atom. The Bertz CT molecular complexity index is 432. The minimum absolute atomic E-state index is 0.237. The highest BCUT2D eigenvalue weighted by atomic mass is 16.4. The lowest BCUT2D eigenvalue weighted by Crippen LogP contribution is -2.36. The molecule has 0 aromatic carbocycles. The zero-order valence-electron chi connectivity index (χ0n) is 10.7. The molecule has 0 radical (unpaired) electrons. The Labute approximate surface area is 106 Å². The molecule has 0 saturated heterocycles. The summed E-state index contributed by atoms with van der Waals surface area (Å²) in [5.41, 5.74) is 1.39. The molecule has 5 nitrogen and oxygen atoms in total. The summed E-state index contributed by atoms with van der Waals surface area (Å²) in [6.07, 6.45) is 4.63. The highest BCUT2D eigenvalue weighted by Crippen LogP contribution is 2.11. The van der Waals surface area contributed by atoms with Gasteiger partial charge in [-0.05, 0) is 24.5 Å². The first-order chi connectivity index (χ1) is 8.60. The number of carboxylic acids is 1. The van der Waals surface area contributed by atoms with E-state index in [1.807, 2.05) is 13.8 Å². The van der Waals surface area contributed by atoms with E-state index in [1.165, 1.54) is 4.90 Å². The van der Waals surface area contributed by atoms with Gasteiger partial charge in [0.2, 0.25) is 0 Å². The minimum atomic E-state index is -0.996. The standard InChI is InChI=1S/C13H18N2O3/c1-3-7-15(9-12(16)17)13(18)11-5-6-14-8-10(11)4-2/h5-6,8H,3-4,7,9H2,1-2H3,(H,16,17). The maximum atomic E-state index is 12.3. The summed E-state index contributed by atoms with van der Waals surface area (Å²) in [5, 5.41) is 8.83. The van der Waals surface area contributed by atoms with Crippen LogP contribution in [0.4, 0.5) is 0 Å². The Hall–Kier alpha value is -1.91. The number of aromatic nitrogens is 1. The van der Waals surface area contributed by atoms with Gasteiger partial charge in [0, 0.05) is 24.5 Å². The molecule has 1 amide bonds. The number of hydrogen-bond acceptors (Lipinski definition) is 3. The summed E-state index contributed by atoms with van der Waals surface area (Å²) in [7, 11) is 0. The number of aliphatic carboxylic acids is 1. The van der Waals surface area contributed by atoms with Crippen molar-refractivity contribution in [1.29, 1.82) is 0 Å². The van der Waals surface area contributed by atoms with Crippen molar-refractivity contribution in [2.24, 2.45) is 0 Å². The van der Waals surface area contributed by atoms with Gasteiger partial charge in [-0.1, -0.05) is 13.8 Å². The van der Waals surface area contributed by atoms with E-state index in [9.17, 15) is 9.59 Å². The monoisotopic (exact) mass is 250 g/mol. The second-order valence-corrected chi connectivity index (χ2v) is 4.01. The summed E-state index contributed by atoms with van der Waals surface area (Å²) in [4.78, 5) is 28.4. The Morgan fingerprint density at radius 1 is 1.39 bits per heavy atom. The van der Waals surface area contributed by atoms with Crippen LogP contribution in [0, 0.1) is 0 Å². The van der Waals surface area contributed by atoms with Gasteiger partial charge in [-0.3, -0.25) is 14.6 Å². The van der Waals surface area contributed by atoms with Crippen LogP contribution in [-0.2, 0) is 11.2 Å². The molecule has 0 saturated carbocycles. The average Bonchev–Trinajstić information content (AvgIpc) is 2.37. The van der Waals surface area contributed by atoms with Crippen LogP contribution in [0.25, 0.3) is 0 Å². The molecule has 1 rings (SSSR count). The van der Waals surface area contributed by atoms with Crippen molar-refractivity contribution in [3.63, 3.8) is 0 Å². The van der Waals surface area contributed by atoms with Crippen molar-refractivity contribution >= 4 is 11.9 Å². The van der Waals surface area contributed by atoms with E-state index < -0.39 is 5.97 Å². The first kappa shape index (κ1) is 14.2. The van der Waals surface area contributed by atoms with Gasteiger partial charge in [0.15, 0.2) is 0 Å². The fraction of sp³-hybridized carbons (Fsp3) is 0.462. The van der Waals surface area contributed by atoms with Crippen LogP contribution in [0.5, 0.6) is 0 Å². The fourth-order valence-corrected chi connectivity index (χ4v) is 1.77. The second-order valence-electron chi connectivity index (χ2n) is 4.01. The summed E-state index contributed by atoms with van der Waals surface area (Å²) in [5.74, 6) is -1.23. The van der Waals surface area contributed by atoms with Crippen molar-refractivity contribution in [2.75, 3.05) is 13.1 Å². The molecule has 0 aliphatic heterocycles. The summed E-state index contributed by atoms with van der Waals surface area (Å²) in [6, 6.07) is 1.64. The van der Waals surface area contributed by atoms with E-state index in [0.29, 0.717) is 18.5 Å². The number of amides is 1. The molecule has 0 aliphatic carbocycles. The fourth-order valence-electron chi connectivity index (χ4n) is 1.77. The quantitative estimate of drug-likeness (QED) is 0.832. The Kier molecular flexibility index (Phi) is 5.30. The third kappa shape index (κ3) is 3.55. The zero-order valence-corrected chi connectivity index (χ0v) is 10.7. The maximum Gasteiger partial charge on any atom is 0.323 e. The third-order valence-corrected chi connectivity index (χ3v) is 2.62. The molecule has 0 fully saturated rings. The molecule has 5 heteroatoms. The van der Waals surface area contributed by atoms with Crippen molar-refractivity contribution in [2.45, 2.75) is 26.7 Å². The summed E-state index contributed by atoms with van der Waals surface area (Å²) < 4.78 is 0. The summed E-state index contributed by atoms with van der Waals surface area (Å²) in [6.45, 7) is 4.03. The van der Waals surface area contributed by atoms with Crippen LogP contribution in [0.3, 0.4) is 0 Å². The van der Waals surface area contributed by atoms with Crippen LogP contribution < -0.4 is 0 Å². The van der Waals surface area contributed by atoms with Gasteiger partial charge < -0.3 is 10.0 Å². The van der Waals surface area contributed by atoms with E-state index in [4.69, 9.17) is 5.11 Å². The Morgan fingerprint density at radius 2 is 2.11 bits per heavy atom. The van der Waals surface area contributed by atoms with Crippen molar-refractivity contribution in [3.05, 3.63) is 29.6 Å². The number of rotatable bonds is 6. The van der Waals surface area contributed by atoms with Crippen LogP contribution in [0.1, 0.15) is 36.2 Å². The molecule has 18 heavy (non-hydrogen) atoms. The zero-order chi connectivity index (χ0) is 13.5. The van der Waals surface area contributed by atoms with E-state index in [1.54, 1.807) is 18.5 Å². The topological polar surface area (TPSA) is 70.5 Å². The largest absolute Gasteiger partial charge is 0.480 e. The SMILES string of the molecule is CCCN(CC(=O)O)C(=O)c1ccncc1CC. The molecule has 1 aromatic heterocycles. The van der Waals surface area contributed by atoms with Crippen molar-refractivity contribution in [1.82, 2.24) is 9.88 Å². The van der Waals surface area contributed by atoms with E-state index in [-0.39, 0.29) is 12.5 Å². The van der Waals surface area contributed by atoms with Crippen molar-refractivity contribution < 1.29 is 14.7 Å². The molecule has 1 aromatic rings. The first-order valence-electron chi connectivity index (χ1n) is 6.04. The van der Waals surface area contributed by atoms with Gasteiger partial charge in [0.1, 0.15) is 6.54 Å². The third-order valence-electron chi connectivity index (χ3n) is 2.62. The van der Waals surface area contributed by atoms with Crippen molar-refractivity contribution in [3.8, 4) is 0 Å². The highest BCUT2D eigenvalue weighted by Gasteiger charge is 2.19. The van der Waals surface area contributed by atoms with Crippen LogP contribution in [-0.4, -0.2) is 40.0 Å². The predicted octanol–water partition coefficient (Wildman–Crippen LogP) is 1.58. The number of aryl methyl sites for hydroxylation is 1. The molecule has 0 atom stereocenters. The van der Waals surface area contributed by atoms with Crippen LogP contribution >= 0.6 is 0 Å². The number of pyridine rings is 1. The smallest absolute Gasteiger partial charge is 0.323 e. The molecular weight excluding hydrogens is 232 g/mol. The normalized spacial score (nSPS) is 10.1. The second kappa shape index (κ2) is 6.74. The molecule has 0 spiro atoms. The number of carbonyl (C=O) groups excluding carboxylic acids is 1. The lowest BCUT2D eigenvalue weighted by Gasteiger charge is -2.21. The van der Waals surface area contributed by atoms with E-state index >= 15 is 0 Å². The molecule has 0 unspecified atom stereocenters. The Balaban J connectivity index is 2.97. The van der Waals surface area contributed by atoms with Gasteiger partial charge in [0.25, 0.3) is 5.91 Å². The lowest BCUT2D eigenvalue weighted by molar-refractivity contribution is -0.137. The summed E-state index contributed by atoms with van der Waals surface area (Å²) >= 11 is 0. The number of hydrogen-bond donors (Lipinski definition) is 1. The number of carbonyl (C=O) groups is 2. The van der Waals surface area contributed by atoms with Crippen LogP contribution in [0.2, 0.25) is 0 Å². The van der Waals surface area contributed by atoms with E-state index in [0.717, 1.165) is 12.0 Å². The molecule has 1 N–H and O–H groups in total. The maximum absolute atomic E-state index is 12.3. The lowest BCUT2D eigenvalue weighted by atomic mass is 10.1. The molecule has 1 heterocycles. The van der Waals surface area contributed by atoms with Crippen LogP contribution in [0.15, 0.2) is 18.5 Å². The average molecular weight is 250 g/mol. The molecule has 0 bridgehead atoms. The van der Waals surface area contributed by atoms with Gasteiger partial charge >= 0.3 is 5.97 Å². The highest BCUT2D eigenvalue weighted by molar-refractivity contribution is 5.97. The first-order valence-corrected chi connectivity index (χ1v) is 6.04. The molecule has 98 valence electrons. The number of carboxylic acid groups (broad SMARTS) is 1. The van der Waals surface area contributed by atoms with Gasteiger partial charge in [0.05, 0.1) is 0 Å². The van der Waals surface area contributed by atoms with E-state index in [2.05, 4.69) is 4.98 Å². The predicted molar refractivity (Wildman–Crippen MR) is 67.4 cm³/mol.